The summed E-state index contributed by atoms with van der Waals surface area (Å²) in [6, 6.07) is 40.8. The van der Waals surface area contributed by atoms with Crippen molar-refractivity contribution >= 4 is 21.5 Å². The molecule has 5 aromatic rings. The van der Waals surface area contributed by atoms with Gasteiger partial charge in [0.05, 0.1) is 0 Å². The van der Waals surface area contributed by atoms with Gasteiger partial charge in [0.15, 0.2) is 0 Å². The summed E-state index contributed by atoms with van der Waals surface area (Å²) < 4.78 is 0. The van der Waals surface area contributed by atoms with E-state index < -0.39 is 0 Å². The molecule has 0 aliphatic rings. The van der Waals surface area contributed by atoms with Gasteiger partial charge in [0.2, 0.25) is 0 Å². The standard InChI is InChI=1S/C26H16/c1-3-13-21-19(9-1)11-7-17-23(21)25-15-5-6-16-26(25)24-18-8-12-20-10-2-4-14-22(20)24/h1-14,17-18H. The predicted octanol–water partition coefficient (Wildman–Crippen LogP) is 6.93. The van der Waals surface area contributed by atoms with Crippen LogP contribution in [-0.2, 0) is 0 Å². The third-order valence-electron chi connectivity index (χ3n) is 4.91. The first kappa shape index (κ1) is 14.9. The third-order valence-corrected chi connectivity index (χ3v) is 4.91. The van der Waals surface area contributed by atoms with E-state index in [0.717, 1.165) is 11.1 Å². The molecule has 2 radical (unpaired) electrons. The van der Waals surface area contributed by atoms with Crippen molar-refractivity contribution in [2.24, 2.45) is 0 Å². The Morgan fingerprint density at radius 2 is 0.846 bits per heavy atom. The van der Waals surface area contributed by atoms with Gasteiger partial charge in [-0.05, 0) is 55.9 Å². The molecular weight excluding hydrogens is 312 g/mol. The van der Waals surface area contributed by atoms with E-state index in [1.165, 1.54) is 32.7 Å². The molecule has 0 unspecified atom stereocenters. The zero-order chi connectivity index (χ0) is 17.3. The van der Waals surface area contributed by atoms with E-state index >= 15 is 0 Å². The minimum atomic E-state index is 1.10. The summed E-state index contributed by atoms with van der Waals surface area (Å²) in [6.45, 7) is 0. The molecule has 120 valence electrons. The van der Waals surface area contributed by atoms with E-state index in [2.05, 4.69) is 97.1 Å². The number of rotatable bonds is 2. The van der Waals surface area contributed by atoms with Crippen LogP contribution in [0.15, 0.2) is 97.1 Å². The fourth-order valence-electron chi connectivity index (χ4n) is 3.71. The first-order chi connectivity index (χ1) is 12.9. The summed E-state index contributed by atoms with van der Waals surface area (Å²) in [7, 11) is 0. The largest absolute Gasteiger partial charge is 0.0616 e. The van der Waals surface area contributed by atoms with Crippen molar-refractivity contribution in [3.63, 3.8) is 0 Å². The molecular formula is C26H16. The van der Waals surface area contributed by atoms with Crippen LogP contribution in [0.1, 0.15) is 0 Å². The van der Waals surface area contributed by atoms with Crippen LogP contribution in [0.2, 0.25) is 0 Å². The van der Waals surface area contributed by atoms with Crippen molar-refractivity contribution in [1.82, 2.24) is 0 Å². The van der Waals surface area contributed by atoms with Crippen molar-refractivity contribution in [2.75, 3.05) is 0 Å². The lowest BCUT2D eigenvalue weighted by Gasteiger charge is -2.14. The second kappa shape index (κ2) is 6.16. The maximum absolute atomic E-state index is 3.48. The predicted molar refractivity (Wildman–Crippen MR) is 110 cm³/mol. The van der Waals surface area contributed by atoms with Crippen molar-refractivity contribution in [3.05, 3.63) is 109 Å². The molecule has 0 spiro atoms. The van der Waals surface area contributed by atoms with Crippen molar-refractivity contribution in [1.29, 1.82) is 0 Å². The lowest BCUT2D eigenvalue weighted by Crippen LogP contribution is -1.88. The topological polar surface area (TPSA) is 0 Å². The second-order valence-electron chi connectivity index (χ2n) is 6.43. The molecule has 0 heteroatoms. The molecule has 0 bridgehead atoms. The fourth-order valence-corrected chi connectivity index (χ4v) is 3.71. The van der Waals surface area contributed by atoms with Gasteiger partial charge in [-0.3, -0.25) is 0 Å². The Morgan fingerprint density at radius 1 is 0.423 bits per heavy atom. The number of hydrogen-bond donors (Lipinski definition) is 0. The Morgan fingerprint density at radius 3 is 1.35 bits per heavy atom. The molecule has 0 atom stereocenters. The summed E-state index contributed by atoms with van der Waals surface area (Å²) in [5, 5.41) is 4.97. The molecule has 0 saturated heterocycles. The van der Waals surface area contributed by atoms with Gasteiger partial charge in [-0.25, -0.2) is 0 Å². The molecule has 0 aromatic heterocycles. The van der Waals surface area contributed by atoms with Crippen LogP contribution in [-0.4, -0.2) is 0 Å². The molecule has 0 heterocycles. The van der Waals surface area contributed by atoms with Gasteiger partial charge in [-0.15, -0.1) is 0 Å². The minimum absolute atomic E-state index is 1.10. The third kappa shape index (κ3) is 2.39. The summed E-state index contributed by atoms with van der Waals surface area (Å²) in [4.78, 5) is 0. The van der Waals surface area contributed by atoms with Crippen LogP contribution in [0.3, 0.4) is 0 Å². The van der Waals surface area contributed by atoms with Gasteiger partial charge in [0.1, 0.15) is 0 Å². The van der Waals surface area contributed by atoms with Crippen LogP contribution in [0.5, 0.6) is 0 Å². The quantitative estimate of drug-likeness (QED) is 0.330. The van der Waals surface area contributed by atoms with E-state index in [4.69, 9.17) is 0 Å². The van der Waals surface area contributed by atoms with Crippen LogP contribution >= 0.6 is 0 Å². The number of fused-ring (bicyclic) bond motifs is 2. The molecule has 0 N–H and O–H groups in total. The first-order valence-corrected chi connectivity index (χ1v) is 8.80. The average molecular weight is 328 g/mol. The number of benzene rings is 5. The maximum atomic E-state index is 3.48. The summed E-state index contributed by atoms with van der Waals surface area (Å²) in [5.41, 5.74) is 4.59. The van der Waals surface area contributed by atoms with E-state index in [-0.39, 0.29) is 0 Å². The second-order valence-corrected chi connectivity index (χ2v) is 6.43. The minimum Gasteiger partial charge on any atom is -0.0616 e. The Kier molecular flexibility index (Phi) is 3.54. The van der Waals surface area contributed by atoms with Gasteiger partial charge < -0.3 is 0 Å². The number of hydrogen-bond acceptors (Lipinski definition) is 0. The van der Waals surface area contributed by atoms with E-state index in [9.17, 15) is 0 Å². The monoisotopic (exact) mass is 328 g/mol. The molecule has 0 saturated carbocycles. The van der Waals surface area contributed by atoms with E-state index in [1.54, 1.807) is 0 Å². The van der Waals surface area contributed by atoms with Crippen LogP contribution < -0.4 is 0 Å². The molecule has 5 aromatic carbocycles. The van der Waals surface area contributed by atoms with Crippen molar-refractivity contribution in [2.45, 2.75) is 0 Å². The van der Waals surface area contributed by atoms with Crippen molar-refractivity contribution in [3.8, 4) is 22.3 Å². The van der Waals surface area contributed by atoms with E-state index in [0.29, 0.717) is 0 Å². The molecule has 0 fully saturated rings. The molecule has 0 nitrogen and oxygen atoms in total. The first-order valence-electron chi connectivity index (χ1n) is 8.80. The SMILES string of the molecule is [c]1cc[c]c(-c2cccc3ccccc23)c1-c1cccc2ccccc12. The molecule has 0 aliphatic carbocycles. The molecule has 0 amide bonds. The zero-order valence-electron chi connectivity index (χ0n) is 14.2. The van der Waals surface area contributed by atoms with Crippen LogP contribution in [0.25, 0.3) is 43.8 Å². The van der Waals surface area contributed by atoms with Gasteiger partial charge in [0, 0.05) is 0 Å². The highest BCUT2D eigenvalue weighted by molar-refractivity contribution is 6.04. The molecule has 5 rings (SSSR count). The summed E-state index contributed by atoms with van der Waals surface area (Å²) in [6.07, 6.45) is 0. The Bertz CT molecular complexity index is 1120. The van der Waals surface area contributed by atoms with Gasteiger partial charge in [0.25, 0.3) is 0 Å². The highest BCUT2D eigenvalue weighted by Gasteiger charge is 2.12. The summed E-state index contributed by atoms with van der Waals surface area (Å²) >= 11 is 0. The van der Waals surface area contributed by atoms with Gasteiger partial charge >= 0.3 is 0 Å². The van der Waals surface area contributed by atoms with Crippen LogP contribution in [0.4, 0.5) is 0 Å². The lowest BCUT2D eigenvalue weighted by molar-refractivity contribution is 1.60. The Balaban J connectivity index is 1.83. The molecule has 0 aliphatic heterocycles. The lowest BCUT2D eigenvalue weighted by atomic mass is 9.89. The fraction of sp³-hybridized carbons (Fsp3) is 0. The highest BCUT2D eigenvalue weighted by atomic mass is 14.1. The van der Waals surface area contributed by atoms with Gasteiger partial charge in [-0.2, -0.15) is 0 Å². The average Bonchev–Trinajstić information content (AvgIpc) is 2.73. The Labute approximate surface area is 153 Å². The summed E-state index contributed by atoms with van der Waals surface area (Å²) in [5.74, 6) is 0. The Hall–Kier alpha value is -3.38. The van der Waals surface area contributed by atoms with Crippen molar-refractivity contribution < 1.29 is 0 Å². The highest BCUT2D eigenvalue weighted by Crippen LogP contribution is 2.38. The zero-order valence-corrected chi connectivity index (χ0v) is 14.2. The smallest absolute Gasteiger partial charge is 0.00139 e. The van der Waals surface area contributed by atoms with E-state index in [1.807, 2.05) is 12.1 Å². The maximum Gasteiger partial charge on any atom is -0.00139 e. The van der Waals surface area contributed by atoms with Crippen LogP contribution in [0, 0.1) is 12.1 Å². The van der Waals surface area contributed by atoms with Gasteiger partial charge in [-0.1, -0.05) is 97.1 Å². The molecule has 26 heavy (non-hydrogen) atoms. The normalized spacial score (nSPS) is 11.1.